The van der Waals surface area contributed by atoms with Crippen LogP contribution >= 0.6 is 11.3 Å². The number of fused-ring (bicyclic) bond motifs is 1. The molecule has 2 aromatic rings. The van der Waals surface area contributed by atoms with Gasteiger partial charge in [0.15, 0.2) is 11.4 Å². The number of carbonyl (C=O) groups excluding carboxylic acids is 1. The number of halogens is 1. The van der Waals surface area contributed by atoms with Gasteiger partial charge in [0.25, 0.3) is 0 Å². The van der Waals surface area contributed by atoms with Crippen LogP contribution in [0, 0.1) is 5.13 Å². The number of hydrogen-bond acceptors (Lipinski definition) is 3. The van der Waals surface area contributed by atoms with E-state index in [1.54, 1.807) is 0 Å². The van der Waals surface area contributed by atoms with Crippen LogP contribution in [-0.4, -0.2) is 11.4 Å². The molecule has 1 heterocycles. The van der Waals surface area contributed by atoms with Gasteiger partial charge in [-0.1, -0.05) is 0 Å². The van der Waals surface area contributed by atoms with Crippen molar-refractivity contribution in [1.82, 2.24) is 0 Å². The zero-order valence-corrected chi connectivity index (χ0v) is 7.27. The minimum Gasteiger partial charge on any atom is -0.507 e. The summed E-state index contributed by atoms with van der Waals surface area (Å²) in [5, 5.41) is 9.56. The van der Waals surface area contributed by atoms with Crippen molar-refractivity contribution in [2.75, 3.05) is 0 Å². The average Bonchev–Trinajstić information content (AvgIpc) is 2.42. The highest BCUT2D eigenvalue weighted by Crippen LogP contribution is 2.29. The van der Waals surface area contributed by atoms with Crippen molar-refractivity contribution in [1.29, 1.82) is 0 Å². The molecule has 2 nitrogen and oxygen atoms in total. The first-order valence-electron chi connectivity index (χ1n) is 3.58. The predicted molar refractivity (Wildman–Crippen MR) is 48.8 cm³/mol. The van der Waals surface area contributed by atoms with Gasteiger partial charge in [0.2, 0.25) is 0 Å². The Kier molecular flexibility index (Phi) is 1.77. The van der Waals surface area contributed by atoms with Gasteiger partial charge in [0.1, 0.15) is 5.75 Å². The minimum atomic E-state index is -0.322. The number of hydrogen-bond donors (Lipinski definition) is 1. The van der Waals surface area contributed by atoms with Gasteiger partial charge in [0, 0.05) is 4.70 Å². The van der Waals surface area contributed by atoms with Crippen molar-refractivity contribution >= 4 is 27.7 Å². The quantitative estimate of drug-likeness (QED) is 0.711. The van der Waals surface area contributed by atoms with Crippen LogP contribution in [0.3, 0.4) is 0 Å². The highest BCUT2D eigenvalue weighted by Gasteiger charge is 2.06. The summed E-state index contributed by atoms with van der Waals surface area (Å²) >= 11 is 0.954. The van der Waals surface area contributed by atoms with Gasteiger partial charge in [-0.25, -0.2) is 0 Å². The fraction of sp³-hybridized carbons (Fsp3) is 0. The molecule has 66 valence electrons. The zero-order valence-electron chi connectivity index (χ0n) is 6.45. The van der Waals surface area contributed by atoms with Crippen LogP contribution in [0.2, 0.25) is 0 Å². The van der Waals surface area contributed by atoms with Crippen molar-refractivity contribution < 1.29 is 14.3 Å². The summed E-state index contributed by atoms with van der Waals surface area (Å²) in [6.45, 7) is 0. The predicted octanol–water partition coefficient (Wildman–Crippen LogP) is 2.56. The molecule has 4 heteroatoms. The van der Waals surface area contributed by atoms with E-state index in [4.69, 9.17) is 0 Å². The molecule has 0 fully saturated rings. The smallest absolute Gasteiger partial charge is 0.177 e. The molecule has 0 unspecified atom stereocenters. The number of phenols is 1. The van der Waals surface area contributed by atoms with Gasteiger partial charge in [-0.15, -0.1) is 11.3 Å². The molecule has 0 bridgehead atoms. The second-order valence-electron chi connectivity index (χ2n) is 2.62. The summed E-state index contributed by atoms with van der Waals surface area (Å²) in [5.41, 5.74) is 0.189. The maximum absolute atomic E-state index is 12.7. The van der Waals surface area contributed by atoms with Crippen LogP contribution in [0.4, 0.5) is 4.39 Å². The maximum Gasteiger partial charge on any atom is 0.177 e. The van der Waals surface area contributed by atoms with Gasteiger partial charge in [-0.3, -0.25) is 4.79 Å². The number of carbonyl (C=O) groups is 1. The molecule has 0 saturated carbocycles. The van der Waals surface area contributed by atoms with Gasteiger partial charge >= 0.3 is 0 Å². The summed E-state index contributed by atoms with van der Waals surface area (Å²) < 4.78 is 13.4. The monoisotopic (exact) mass is 196 g/mol. The summed E-state index contributed by atoms with van der Waals surface area (Å²) in [5.74, 6) is -0.111. The molecule has 1 aromatic heterocycles. The number of aldehydes is 1. The number of thiophene rings is 1. The molecule has 0 aliphatic rings. The Morgan fingerprint density at radius 2 is 2.15 bits per heavy atom. The van der Waals surface area contributed by atoms with E-state index in [2.05, 4.69) is 0 Å². The Bertz CT molecular complexity index is 476. The molecule has 2 rings (SSSR count). The molecule has 0 saturated heterocycles. The van der Waals surface area contributed by atoms with Crippen molar-refractivity contribution in [2.24, 2.45) is 0 Å². The lowest BCUT2D eigenvalue weighted by atomic mass is 10.2. The minimum absolute atomic E-state index is 0.111. The lowest BCUT2D eigenvalue weighted by molar-refractivity contribution is 0.112. The average molecular weight is 196 g/mol. The molecule has 0 radical (unpaired) electrons. The first-order chi connectivity index (χ1) is 6.20. The summed E-state index contributed by atoms with van der Waals surface area (Å²) in [7, 11) is 0. The van der Waals surface area contributed by atoms with Crippen LogP contribution in [-0.2, 0) is 0 Å². The fourth-order valence-corrected chi connectivity index (χ4v) is 1.97. The summed E-state index contributed by atoms with van der Waals surface area (Å²) in [6.07, 6.45) is 0.548. The molecule has 0 amide bonds. The van der Waals surface area contributed by atoms with E-state index >= 15 is 0 Å². The number of benzene rings is 1. The van der Waals surface area contributed by atoms with Crippen LogP contribution in [0.1, 0.15) is 10.4 Å². The van der Waals surface area contributed by atoms with E-state index in [0.29, 0.717) is 16.4 Å². The second-order valence-corrected chi connectivity index (χ2v) is 3.65. The van der Waals surface area contributed by atoms with Crippen molar-refractivity contribution in [3.05, 3.63) is 28.9 Å². The highest BCUT2D eigenvalue weighted by atomic mass is 32.1. The van der Waals surface area contributed by atoms with Gasteiger partial charge in [0.05, 0.1) is 5.56 Å². The lowest BCUT2D eigenvalue weighted by Crippen LogP contribution is -1.79. The van der Waals surface area contributed by atoms with Crippen LogP contribution < -0.4 is 0 Å². The Hall–Kier alpha value is -1.42. The zero-order chi connectivity index (χ0) is 9.42. The Labute approximate surface area is 77.2 Å². The molecule has 0 spiro atoms. The summed E-state index contributed by atoms with van der Waals surface area (Å²) in [6, 6.07) is 4.19. The van der Waals surface area contributed by atoms with Crippen LogP contribution in [0.25, 0.3) is 10.1 Å². The third kappa shape index (κ3) is 1.29. The van der Waals surface area contributed by atoms with Gasteiger partial charge in [-0.2, -0.15) is 4.39 Å². The van der Waals surface area contributed by atoms with E-state index in [1.165, 1.54) is 18.2 Å². The first-order valence-corrected chi connectivity index (χ1v) is 4.39. The third-order valence-electron chi connectivity index (χ3n) is 1.76. The third-order valence-corrected chi connectivity index (χ3v) is 2.65. The standard InChI is InChI=1S/C9H5FO2S/c10-9-3-5-1-7(12)6(4-11)2-8(5)13-9/h1-4,12H. The van der Waals surface area contributed by atoms with E-state index < -0.39 is 0 Å². The van der Waals surface area contributed by atoms with E-state index in [1.807, 2.05) is 0 Å². The van der Waals surface area contributed by atoms with Gasteiger partial charge in [-0.05, 0) is 23.6 Å². The van der Waals surface area contributed by atoms with Crippen LogP contribution in [0.5, 0.6) is 5.75 Å². The van der Waals surface area contributed by atoms with Crippen molar-refractivity contribution in [3.63, 3.8) is 0 Å². The van der Waals surface area contributed by atoms with E-state index in [-0.39, 0.29) is 16.4 Å². The molecule has 1 N–H and O–H groups in total. The largest absolute Gasteiger partial charge is 0.507 e. The Morgan fingerprint density at radius 1 is 1.38 bits per heavy atom. The topological polar surface area (TPSA) is 37.3 Å². The molecular formula is C9H5FO2S. The van der Waals surface area contributed by atoms with Crippen molar-refractivity contribution in [2.45, 2.75) is 0 Å². The second kappa shape index (κ2) is 2.81. The summed E-state index contributed by atoms with van der Waals surface area (Å²) in [4.78, 5) is 10.4. The van der Waals surface area contributed by atoms with Gasteiger partial charge < -0.3 is 5.11 Å². The first kappa shape index (κ1) is 8.19. The fourth-order valence-electron chi connectivity index (χ4n) is 1.15. The molecule has 0 aliphatic heterocycles. The maximum atomic E-state index is 12.7. The molecular weight excluding hydrogens is 191 g/mol. The molecule has 0 atom stereocenters. The lowest BCUT2D eigenvalue weighted by Gasteiger charge is -1.95. The molecule has 0 aliphatic carbocycles. The van der Waals surface area contributed by atoms with E-state index in [0.717, 1.165) is 11.3 Å². The van der Waals surface area contributed by atoms with E-state index in [9.17, 15) is 14.3 Å². The molecule has 1 aromatic carbocycles. The normalized spacial score (nSPS) is 10.5. The SMILES string of the molecule is O=Cc1cc2sc(F)cc2cc1O. The number of aromatic hydroxyl groups is 1. The highest BCUT2D eigenvalue weighted by molar-refractivity contribution is 7.17. The number of phenolic OH excluding ortho intramolecular Hbond substituents is 1. The molecule has 13 heavy (non-hydrogen) atoms. The Balaban J connectivity index is 2.79. The van der Waals surface area contributed by atoms with Crippen LogP contribution in [0.15, 0.2) is 18.2 Å². The van der Waals surface area contributed by atoms with Crippen molar-refractivity contribution in [3.8, 4) is 5.75 Å². The Morgan fingerprint density at radius 3 is 2.85 bits per heavy atom. The number of rotatable bonds is 1.